The van der Waals surface area contributed by atoms with Crippen molar-refractivity contribution in [1.29, 1.82) is 0 Å². The summed E-state index contributed by atoms with van der Waals surface area (Å²) in [5, 5.41) is 5.03. The average molecular weight is 321 g/mol. The number of nitrogens with zero attached hydrogens (tertiary/aromatic N) is 1. The highest BCUT2D eigenvalue weighted by Gasteiger charge is 2.26. The summed E-state index contributed by atoms with van der Waals surface area (Å²) in [4.78, 5) is 25.4. The number of halogens is 1. The quantitative estimate of drug-likeness (QED) is 0.886. The lowest BCUT2D eigenvalue weighted by Gasteiger charge is -2.26. The van der Waals surface area contributed by atoms with E-state index in [4.69, 9.17) is 4.74 Å². The Morgan fingerprint density at radius 3 is 2.65 bits per heavy atom. The van der Waals surface area contributed by atoms with Crippen LogP contribution in [-0.4, -0.2) is 49.7 Å². The highest BCUT2D eigenvalue weighted by atomic mass is 19.1. The van der Waals surface area contributed by atoms with E-state index in [0.717, 1.165) is 12.8 Å². The molecule has 1 aliphatic heterocycles. The van der Waals surface area contributed by atoms with Crippen LogP contribution in [-0.2, 0) is 9.53 Å². The number of urea groups is 1. The zero-order valence-corrected chi connectivity index (χ0v) is 12.8. The van der Waals surface area contributed by atoms with Crippen LogP contribution in [0.5, 0.6) is 0 Å². The van der Waals surface area contributed by atoms with Crippen LogP contribution in [0.2, 0.25) is 0 Å². The number of nitrogens with one attached hydrogen (secondary N) is 2. The number of morpholine rings is 1. The van der Waals surface area contributed by atoms with Crippen LogP contribution in [0.1, 0.15) is 24.3 Å². The van der Waals surface area contributed by atoms with Gasteiger partial charge in [0.1, 0.15) is 5.82 Å². The molecule has 1 heterocycles. The van der Waals surface area contributed by atoms with Crippen molar-refractivity contribution in [2.75, 3.05) is 38.2 Å². The van der Waals surface area contributed by atoms with Crippen LogP contribution in [0.3, 0.4) is 0 Å². The summed E-state index contributed by atoms with van der Waals surface area (Å²) in [6.45, 7) is 2.02. The molecule has 1 aromatic carbocycles. The highest BCUT2D eigenvalue weighted by molar-refractivity contribution is 5.92. The largest absolute Gasteiger partial charge is 0.378 e. The first-order valence-corrected chi connectivity index (χ1v) is 7.83. The van der Waals surface area contributed by atoms with Gasteiger partial charge in [-0.15, -0.1) is 0 Å². The number of carbonyl (C=O) groups is 2. The summed E-state index contributed by atoms with van der Waals surface area (Å²) in [7, 11) is 0. The molecule has 1 aromatic rings. The number of amides is 3. The first kappa shape index (κ1) is 15.7. The number of anilines is 1. The number of carbonyl (C=O) groups excluding carboxylic acids is 2. The molecule has 124 valence electrons. The molecule has 0 aromatic heterocycles. The molecule has 1 saturated carbocycles. The van der Waals surface area contributed by atoms with Crippen molar-refractivity contribution in [1.82, 2.24) is 10.2 Å². The van der Waals surface area contributed by atoms with Crippen molar-refractivity contribution in [3.05, 3.63) is 29.6 Å². The van der Waals surface area contributed by atoms with Gasteiger partial charge in [-0.25, -0.2) is 9.18 Å². The number of hydrogen-bond acceptors (Lipinski definition) is 3. The zero-order chi connectivity index (χ0) is 16.2. The fourth-order valence-corrected chi connectivity index (χ4v) is 2.59. The standard InChI is InChI=1S/C16H20FN3O3/c17-14-9-12(3-4-13(14)11-1-2-11)19-16(22)18-10-15(21)20-5-7-23-8-6-20/h3-4,9,11H,1-2,5-8,10H2,(H2,18,19,22). The normalized spacial score (nSPS) is 17.7. The molecular formula is C16H20FN3O3. The first-order chi connectivity index (χ1) is 11.1. The summed E-state index contributed by atoms with van der Waals surface area (Å²) in [6.07, 6.45) is 2.04. The second-order valence-corrected chi connectivity index (χ2v) is 5.81. The van der Waals surface area contributed by atoms with E-state index in [2.05, 4.69) is 10.6 Å². The fraction of sp³-hybridized carbons (Fsp3) is 0.500. The summed E-state index contributed by atoms with van der Waals surface area (Å²) in [5.41, 5.74) is 1.08. The second kappa shape index (κ2) is 6.95. The van der Waals surface area contributed by atoms with Gasteiger partial charge in [0, 0.05) is 18.8 Å². The molecule has 1 saturated heterocycles. The summed E-state index contributed by atoms with van der Waals surface area (Å²) in [6, 6.07) is 4.18. The molecule has 0 radical (unpaired) electrons. The number of hydrogen-bond donors (Lipinski definition) is 2. The van der Waals surface area contributed by atoms with Crippen molar-refractivity contribution in [2.24, 2.45) is 0 Å². The van der Waals surface area contributed by atoms with Crippen molar-refractivity contribution < 1.29 is 18.7 Å². The molecule has 2 fully saturated rings. The molecule has 7 heteroatoms. The maximum Gasteiger partial charge on any atom is 0.319 e. The van der Waals surface area contributed by atoms with Crippen LogP contribution >= 0.6 is 0 Å². The second-order valence-electron chi connectivity index (χ2n) is 5.81. The first-order valence-electron chi connectivity index (χ1n) is 7.83. The topological polar surface area (TPSA) is 70.7 Å². The van der Waals surface area contributed by atoms with Gasteiger partial charge in [0.2, 0.25) is 5.91 Å². The lowest BCUT2D eigenvalue weighted by molar-refractivity contribution is -0.134. The van der Waals surface area contributed by atoms with Gasteiger partial charge < -0.3 is 20.3 Å². The van der Waals surface area contributed by atoms with Gasteiger partial charge in [-0.2, -0.15) is 0 Å². The lowest BCUT2D eigenvalue weighted by atomic mass is 10.1. The molecule has 0 spiro atoms. The van der Waals surface area contributed by atoms with E-state index in [1.807, 2.05) is 0 Å². The molecule has 3 amide bonds. The van der Waals surface area contributed by atoms with Gasteiger partial charge in [-0.1, -0.05) is 6.07 Å². The van der Waals surface area contributed by atoms with Crippen molar-refractivity contribution in [2.45, 2.75) is 18.8 Å². The minimum atomic E-state index is -0.523. The SMILES string of the molecule is O=C(NCC(=O)N1CCOCC1)Nc1ccc(C2CC2)c(F)c1. The number of rotatable bonds is 4. The van der Waals surface area contributed by atoms with Gasteiger partial charge in [0.05, 0.1) is 19.8 Å². The van der Waals surface area contributed by atoms with Gasteiger partial charge in [0.15, 0.2) is 0 Å². The van der Waals surface area contributed by atoms with Crippen LogP contribution in [0, 0.1) is 5.82 Å². The summed E-state index contributed by atoms with van der Waals surface area (Å²) in [5.74, 6) is -0.127. The Morgan fingerprint density at radius 1 is 1.26 bits per heavy atom. The molecule has 2 aliphatic rings. The van der Waals surface area contributed by atoms with Crippen LogP contribution in [0.4, 0.5) is 14.9 Å². The Bertz CT molecular complexity index is 598. The molecule has 2 N–H and O–H groups in total. The predicted molar refractivity (Wildman–Crippen MR) is 82.8 cm³/mol. The Hall–Kier alpha value is -2.15. The van der Waals surface area contributed by atoms with Crippen molar-refractivity contribution in [3.63, 3.8) is 0 Å². The van der Waals surface area contributed by atoms with E-state index in [9.17, 15) is 14.0 Å². The summed E-state index contributed by atoms with van der Waals surface area (Å²) >= 11 is 0. The molecule has 23 heavy (non-hydrogen) atoms. The monoisotopic (exact) mass is 321 g/mol. The smallest absolute Gasteiger partial charge is 0.319 e. The molecule has 0 unspecified atom stereocenters. The Labute approximate surface area is 134 Å². The Kier molecular flexibility index (Phi) is 4.76. The molecular weight excluding hydrogens is 301 g/mol. The Balaban J connectivity index is 1.47. The van der Waals surface area contributed by atoms with E-state index >= 15 is 0 Å². The van der Waals surface area contributed by atoms with Gasteiger partial charge in [-0.05, 0) is 36.5 Å². The number of benzene rings is 1. The van der Waals surface area contributed by atoms with Crippen LogP contribution < -0.4 is 10.6 Å². The maximum atomic E-state index is 13.9. The number of ether oxygens (including phenoxy) is 1. The van der Waals surface area contributed by atoms with E-state index in [1.54, 1.807) is 17.0 Å². The van der Waals surface area contributed by atoms with Crippen molar-refractivity contribution >= 4 is 17.6 Å². The molecule has 6 nitrogen and oxygen atoms in total. The lowest BCUT2D eigenvalue weighted by Crippen LogP contribution is -2.46. The van der Waals surface area contributed by atoms with Crippen LogP contribution in [0.15, 0.2) is 18.2 Å². The summed E-state index contributed by atoms with van der Waals surface area (Å²) < 4.78 is 19.1. The molecule has 1 aliphatic carbocycles. The third-order valence-electron chi connectivity index (χ3n) is 4.04. The van der Waals surface area contributed by atoms with Crippen molar-refractivity contribution in [3.8, 4) is 0 Å². The minimum absolute atomic E-state index is 0.0888. The highest BCUT2D eigenvalue weighted by Crippen LogP contribution is 2.41. The molecule has 0 bridgehead atoms. The zero-order valence-electron chi connectivity index (χ0n) is 12.8. The predicted octanol–water partition coefficient (Wildman–Crippen LogP) is 1.68. The van der Waals surface area contributed by atoms with E-state index in [0.29, 0.717) is 43.5 Å². The van der Waals surface area contributed by atoms with Crippen LogP contribution in [0.25, 0.3) is 0 Å². The van der Waals surface area contributed by atoms with Gasteiger partial charge >= 0.3 is 6.03 Å². The maximum absolute atomic E-state index is 13.9. The average Bonchev–Trinajstić information content (AvgIpc) is 3.38. The third kappa shape index (κ3) is 4.19. The van der Waals surface area contributed by atoms with E-state index in [1.165, 1.54) is 6.07 Å². The van der Waals surface area contributed by atoms with Gasteiger partial charge in [0.25, 0.3) is 0 Å². The molecule has 0 atom stereocenters. The van der Waals surface area contributed by atoms with E-state index in [-0.39, 0.29) is 18.3 Å². The molecule has 3 rings (SSSR count). The van der Waals surface area contributed by atoms with Gasteiger partial charge in [-0.3, -0.25) is 4.79 Å². The Morgan fingerprint density at radius 2 is 2.00 bits per heavy atom. The fourth-order valence-electron chi connectivity index (χ4n) is 2.59. The minimum Gasteiger partial charge on any atom is -0.378 e. The van der Waals surface area contributed by atoms with E-state index < -0.39 is 6.03 Å². The third-order valence-corrected chi connectivity index (χ3v) is 4.04.